The molecule has 2 spiro atoms. The highest BCUT2D eigenvalue weighted by atomic mass is 19.1. The van der Waals surface area contributed by atoms with Crippen molar-refractivity contribution >= 4 is 6.01 Å². The number of rotatable bonds is 5. The molecule has 1 aromatic heterocycles. The quantitative estimate of drug-likeness (QED) is 0.663. The summed E-state index contributed by atoms with van der Waals surface area (Å²) in [5.74, 6) is 1.04. The Hall–Kier alpha value is -2.16. The van der Waals surface area contributed by atoms with Gasteiger partial charge in [0.05, 0.1) is 39.1 Å². The number of benzene rings is 1. The largest absolute Gasteiger partial charge is 0.490 e. The van der Waals surface area contributed by atoms with Crippen LogP contribution in [0.15, 0.2) is 35.1 Å². The number of oxazole rings is 1. The van der Waals surface area contributed by atoms with Gasteiger partial charge in [0.1, 0.15) is 29.5 Å². The van der Waals surface area contributed by atoms with Crippen LogP contribution >= 0.6 is 0 Å². The van der Waals surface area contributed by atoms with Crippen LogP contribution in [0, 0.1) is 11.2 Å². The van der Waals surface area contributed by atoms with Crippen LogP contribution in [0.3, 0.4) is 0 Å². The van der Waals surface area contributed by atoms with E-state index in [1.165, 1.54) is 6.07 Å². The second-order valence-electron chi connectivity index (χ2n) is 11.2. The lowest BCUT2D eigenvalue weighted by Crippen LogP contribution is -2.62. The lowest BCUT2D eigenvalue weighted by atomic mass is 9.65. The molecule has 5 aliphatic rings. The second kappa shape index (κ2) is 7.93. The molecule has 0 amide bonds. The predicted molar refractivity (Wildman–Crippen MR) is 123 cm³/mol. The summed E-state index contributed by atoms with van der Waals surface area (Å²) in [4.78, 5) is 8.96. The lowest BCUT2D eigenvalue weighted by molar-refractivity contribution is -0.191. The van der Waals surface area contributed by atoms with Crippen LogP contribution in [0.5, 0.6) is 5.75 Å². The molecule has 8 heteroatoms. The average Bonchev–Trinajstić information content (AvgIpc) is 3.45. The third-order valence-corrected chi connectivity index (χ3v) is 8.73. The minimum absolute atomic E-state index is 0.0643. The van der Waals surface area contributed by atoms with Gasteiger partial charge in [-0.05, 0) is 69.3 Å². The van der Waals surface area contributed by atoms with Gasteiger partial charge in [-0.15, -0.1) is 0 Å². The van der Waals surface area contributed by atoms with Gasteiger partial charge < -0.3 is 23.5 Å². The standard InChI is InChI=1S/C26H32FN3O4/c27-19-1-2-23(34-21-11-25(12-21)16-31-17-25)22(9-19)18-3-6-29(7-4-18)20-10-26(33-13-20)14-30(15-26)24-28-5-8-32-24/h1-2,5,8-9,18,20-21H,3-4,6-7,10-17H2/t20-/m1/s1. The van der Waals surface area contributed by atoms with E-state index in [4.69, 9.17) is 18.6 Å². The number of hydrogen-bond acceptors (Lipinski definition) is 7. The second-order valence-corrected chi connectivity index (χ2v) is 11.2. The monoisotopic (exact) mass is 469 g/mol. The molecule has 0 unspecified atom stereocenters. The maximum atomic E-state index is 14.2. The zero-order valence-corrected chi connectivity index (χ0v) is 19.5. The van der Waals surface area contributed by atoms with Gasteiger partial charge in [-0.1, -0.05) is 0 Å². The maximum Gasteiger partial charge on any atom is 0.297 e. The van der Waals surface area contributed by atoms with Crippen LogP contribution < -0.4 is 9.64 Å². The predicted octanol–water partition coefficient (Wildman–Crippen LogP) is 3.60. The van der Waals surface area contributed by atoms with Gasteiger partial charge in [-0.3, -0.25) is 4.90 Å². The van der Waals surface area contributed by atoms with E-state index in [1.807, 2.05) is 6.07 Å². The van der Waals surface area contributed by atoms with Crippen molar-refractivity contribution in [3.8, 4) is 5.75 Å². The molecule has 0 radical (unpaired) electrons. The topological polar surface area (TPSA) is 60.2 Å². The Bertz CT molecular complexity index is 1020. The first-order valence-corrected chi connectivity index (χ1v) is 12.7. The van der Waals surface area contributed by atoms with E-state index in [0.717, 1.165) is 89.4 Å². The Labute approximate surface area is 199 Å². The zero-order chi connectivity index (χ0) is 22.8. The highest BCUT2D eigenvalue weighted by Crippen LogP contribution is 2.49. The van der Waals surface area contributed by atoms with Gasteiger partial charge in [-0.25, -0.2) is 9.37 Å². The van der Waals surface area contributed by atoms with Crippen LogP contribution in [0.25, 0.3) is 0 Å². The van der Waals surface area contributed by atoms with E-state index in [2.05, 4.69) is 14.8 Å². The summed E-state index contributed by atoms with van der Waals surface area (Å²) in [6, 6.07) is 6.21. The van der Waals surface area contributed by atoms with Crippen LogP contribution in [0.1, 0.15) is 43.6 Å². The fourth-order valence-electron chi connectivity index (χ4n) is 6.75. The van der Waals surface area contributed by atoms with Crippen molar-refractivity contribution in [3.05, 3.63) is 42.0 Å². The van der Waals surface area contributed by atoms with Crippen LogP contribution in [0.4, 0.5) is 10.4 Å². The highest BCUT2D eigenvalue weighted by Gasteiger charge is 2.53. The van der Waals surface area contributed by atoms with E-state index in [0.29, 0.717) is 23.4 Å². The fourth-order valence-corrected chi connectivity index (χ4v) is 6.75. The first kappa shape index (κ1) is 21.1. The Morgan fingerprint density at radius 1 is 1.09 bits per heavy atom. The summed E-state index contributed by atoms with van der Waals surface area (Å²) < 4.78 is 37.6. The SMILES string of the molecule is Fc1ccc(OC2CC3(COC3)C2)c(C2CCN([C@H]3COC4(C3)CN(c3ncco3)C4)CC2)c1. The Morgan fingerprint density at radius 3 is 2.62 bits per heavy atom. The van der Waals surface area contributed by atoms with Gasteiger partial charge in [0.15, 0.2) is 0 Å². The first-order chi connectivity index (χ1) is 16.6. The molecule has 182 valence electrons. The molecule has 1 saturated carbocycles. The molecule has 2 aromatic rings. The summed E-state index contributed by atoms with van der Waals surface area (Å²) in [6.07, 6.45) is 8.74. The van der Waals surface area contributed by atoms with E-state index in [9.17, 15) is 4.39 Å². The lowest BCUT2D eigenvalue weighted by Gasteiger charge is -2.52. The first-order valence-electron chi connectivity index (χ1n) is 12.7. The summed E-state index contributed by atoms with van der Waals surface area (Å²) in [7, 11) is 0. The molecule has 1 aromatic carbocycles. The number of halogens is 1. The molecule has 5 fully saturated rings. The van der Waals surface area contributed by atoms with Crippen molar-refractivity contribution < 1.29 is 23.0 Å². The minimum Gasteiger partial charge on any atom is -0.490 e. The van der Waals surface area contributed by atoms with E-state index in [-0.39, 0.29) is 17.5 Å². The van der Waals surface area contributed by atoms with E-state index in [1.54, 1.807) is 18.5 Å². The molecule has 7 nitrogen and oxygen atoms in total. The Balaban J connectivity index is 0.950. The van der Waals surface area contributed by atoms with Gasteiger partial charge in [0.2, 0.25) is 0 Å². The summed E-state index contributed by atoms with van der Waals surface area (Å²) >= 11 is 0. The molecule has 7 rings (SSSR count). The van der Waals surface area contributed by atoms with Gasteiger partial charge in [-0.2, -0.15) is 0 Å². The Kier molecular flexibility index (Phi) is 4.93. The van der Waals surface area contributed by atoms with Crippen molar-refractivity contribution in [2.45, 2.75) is 55.8 Å². The van der Waals surface area contributed by atoms with Crippen molar-refractivity contribution in [2.24, 2.45) is 5.41 Å². The smallest absolute Gasteiger partial charge is 0.297 e. The van der Waals surface area contributed by atoms with Gasteiger partial charge in [0.25, 0.3) is 6.01 Å². The number of ether oxygens (including phenoxy) is 3. The third kappa shape index (κ3) is 3.62. The van der Waals surface area contributed by atoms with Gasteiger partial charge in [0, 0.05) is 17.0 Å². The third-order valence-electron chi connectivity index (χ3n) is 8.73. The molecule has 0 N–H and O–H groups in total. The normalized spacial score (nSPS) is 28.6. The molecule has 1 atom stereocenters. The van der Waals surface area contributed by atoms with Crippen molar-refractivity contribution in [1.82, 2.24) is 9.88 Å². The minimum atomic E-state index is -0.172. The summed E-state index contributed by atoms with van der Waals surface area (Å²) in [5.41, 5.74) is 1.35. The van der Waals surface area contributed by atoms with Crippen molar-refractivity contribution in [3.63, 3.8) is 0 Å². The van der Waals surface area contributed by atoms with Crippen LogP contribution in [-0.2, 0) is 9.47 Å². The molecular weight excluding hydrogens is 437 g/mol. The van der Waals surface area contributed by atoms with E-state index < -0.39 is 0 Å². The molecule has 1 aliphatic carbocycles. The number of piperidine rings is 1. The van der Waals surface area contributed by atoms with Crippen molar-refractivity contribution in [1.29, 1.82) is 0 Å². The van der Waals surface area contributed by atoms with Crippen LogP contribution in [-0.4, -0.2) is 73.6 Å². The van der Waals surface area contributed by atoms with Crippen molar-refractivity contribution in [2.75, 3.05) is 50.9 Å². The summed E-state index contributed by atoms with van der Waals surface area (Å²) in [6.45, 7) is 6.23. The zero-order valence-electron chi connectivity index (χ0n) is 19.5. The highest BCUT2D eigenvalue weighted by molar-refractivity contribution is 5.38. The average molecular weight is 470 g/mol. The van der Waals surface area contributed by atoms with E-state index >= 15 is 0 Å². The molecule has 34 heavy (non-hydrogen) atoms. The number of nitrogens with zero attached hydrogens (tertiary/aromatic N) is 3. The fraction of sp³-hybridized carbons (Fsp3) is 0.654. The number of hydrogen-bond donors (Lipinski definition) is 0. The molecule has 0 bridgehead atoms. The maximum absolute atomic E-state index is 14.2. The Morgan fingerprint density at radius 2 is 1.91 bits per heavy atom. The number of likely N-dealkylation sites (tertiary alicyclic amines) is 1. The number of anilines is 1. The molecule has 5 heterocycles. The molecular formula is C26H32FN3O4. The molecule has 4 saturated heterocycles. The molecule has 4 aliphatic heterocycles. The summed E-state index contributed by atoms with van der Waals surface area (Å²) in [5, 5.41) is 0. The van der Waals surface area contributed by atoms with Gasteiger partial charge >= 0.3 is 0 Å². The van der Waals surface area contributed by atoms with Crippen LogP contribution in [0.2, 0.25) is 0 Å². The number of aromatic nitrogens is 1.